The number of anilines is 2. The van der Waals surface area contributed by atoms with Crippen LogP contribution in [0, 0.1) is 24.0 Å². The Morgan fingerprint density at radius 2 is 1.69 bits per heavy atom. The van der Waals surface area contributed by atoms with E-state index in [0.29, 0.717) is 22.0 Å². The fourth-order valence-corrected chi connectivity index (χ4v) is 5.59. The highest BCUT2D eigenvalue weighted by Crippen LogP contribution is 2.37. The molecule has 2 fully saturated rings. The molecule has 2 aromatic carbocycles. The maximum absolute atomic E-state index is 13.0. The number of carbonyl (C=O) groups excluding carboxylic acids is 2. The van der Waals surface area contributed by atoms with E-state index < -0.39 is 0 Å². The predicted molar refractivity (Wildman–Crippen MR) is 138 cm³/mol. The number of nitro groups is 1. The third-order valence-corrected chi connectivity index (χ3v) is 7.30. The van der Waals surface area contributed by atoms with Crippen molar-refractivity contribution in [3.05, 3.63) is 86.6 Å². The van der Waals surface area contributed by atoms with Crippen LogP contribution in [0.15, 0.2) is 59.5 Å². The van der Waals surface area contributed by atoms with Gasteiger partial charge in [0.1, 0.15) is 5.69 Å². The second-order valence-corrected chi connectivity index (χ2v) is 9.63. The molecular formula is C26H24N4O4S. The fourth-order valence-electron chi connectivity index (χ4n) is 4.76. The molecule has 0 bridgehead atoms. The molecule has 0 aliphatic carbocycles. The highest BCUT2D eigenvalue weighted by molar-refractivity contribution is 8.19. The zero-order valence-corrected chi connectivity index (χ0v) is 20.2. The molecule has 2 aliphatic heterocycles. The van der Waals surface area contributed by atoms with E-state index in [9.17, 15) is 19.7 Å². The number of benzene rings is 2. The number of imide groups is 1. The largest absolute Gasteiger partial charge is 0.366 e. The minimum atomic E-state index is -0.360. The quantitative estimate of drug-likeness (QED) is 0.255. The summed E-state index contributed by atoms with van der Waals surface area (Å²) in [6, 6.07) is 16.1. The standard InChI is InChI=1S/C26H24N4O4S/c1-17-14-19(15-24-25(31)29(26(32)35-24)20-8-4-3-5-9-20)18(2)28(17)21-10-11-22(23(16-21)30(33)34)27-12-6-7-13-27/h3-5,8-11,14-16H,6-7,12-13H2,1-2H3/b24-15-. The third kappa shape index (κ3) is 4.12. The van der Waals surface area contributed by atoms with Crippen molar-refractivity contribution in [1.29, 1.82) is 0 Å². The monoisotopic (exact) mass is 488 g/mol. The van der Waals surface area contributed by atoms with Crippen LogP contribution in [0.1, 0.15) is 29.8 Å². The molecule has 5 rings (SSSR count). The lowest BCUT2D eigenvalue weighted by Crippen LogP contribution is -2.27. The van der Waals surface area contributed by atoms with Gasteiger partial charge in [0, 0.05) is 30.5 Å². The Bertz CT molecular complexity index is 1370. The van der Waals surface area contributed by atoms with E-state index in [1.807, 2.05) is 42.7 Å². The van der Waals surface area contributed by atoms with Crippen molar-refractivity contribution in [3.63, 3.8) is 0 Å². The Hall–Kier alpha value is -3.85. The van der Waals surface area contributed by atoms with Crippen LogP contribution in [-0.2, 0) is 4.79 Å². The molecule has 9 heteroatoms. The molecular weight excluding hydrogens is 464 g/mol. The van der Waals surface area contributed by atoms with Crippen molar-refractivity contribution >= 4 is 46.0 Å². The first-order chi connectivity index (χ1) is 16.8. The summed E-state index contributed by atoms with van der Waals surface area (Å²) in [6.07, 6.45) is 3.79. The lowest BCUT2D eigenvalue weighted by atomic mass is 10.2. The molecule has 0 N–H and O–H groups in total. The molecule has 3 heterocycles. The molecule has 3 aromatic rings. The van der Waals surface area contributed by atoms with Crippen LogP contribution < -0.4 is 9.80 Å². The molecule has 0 atom stereocenters. The molecule has 2 amide bonds. The summed E-state index contributed by atoms with van der Waals surface area (Å²) in [5, 5.41) is 11.5. The Morgan fingerprint density at radius 3 is 2.37 bits per heavy atom. The van der Waals surface area contributed by atoms with Crippen LogP contribution in [0.2, 0.25) is 0 Å². The van der Waals surface area contributed by atoms with E-state index >= 15 is 0 Å². The molecule has 2 aliphatic rings. The fraction of sp³-hybridized carbons (Fsp3) is 0.231. The van der Waals surface area contributed by atoms with Gasteiger partial charge in [-0.2, -0.15) is 0 Å². The number of thioether (sulfide) groups is 1. The molecule has 1 aromatic heterocycles. The molecule has 0 radical (unpaired) electrons. The van der Waals surface area contributed by atoms with Crippen LogP contribution in [0.5, 0.6) is 0 Å². The molecule has 35 heavy (non-hydrogen) atoms. The van der Waals surface area contributed by atoms with Crippen LogP contribution in [0.25, 0.3) is 11.8 Å². The van der Waals surface area contributed by atoms with Gasteiger partial charge in [-0.1, -0.05) is 18.2 Å². The van der Waals surface area contributed by atoms with E-state index in [4.69, 9.17) is 0 Å². The lowest BCUT2D eigenvalue weighted by molar-refractivity contribution is -0.384. The summed E-state index contributed by atoms with van der Waals surface area (Å²) in [5.74, 6) is -0.360. The zero-order valence-electron chi connectivity index (χ0n) is 19.4. The normalized spacial score (nSPS) is 17.1. The number of hydrogen-bond donors (Lipinski definition) is 0. The number of carbonyl (C=O) groups is 2. The summed E-state index contributed by atoms with van der Waals surface area (Å²) in [6.45, 7) is 5.47. The third-order valence-electron chi connectivity index (χ3n) is 6.43. The molecule has 0 unspecified atom stereocenters. The van der Waals surface area contributed by atoms with Gasteiger partial charge in [-0.05, 0) is 80.4 Å². The smallest absolute Gasteiger partial charge is 0.298 e. The maximum Gasteiger partial charge on any atom is 0.298 e. The number of hydrogen-bond acceptors (Lipinski definition) is 6. The number of aryl methyl sites for hydroxylation is 1. The van der Waals surface area contributed by atoms with Gasteiger partial charge in [-0.15, -0.1) is 0 Å². The van der Waals surface area contributed by atoms with Gasteiger partial charge in [0.05, 0.1) is 21.2 Å². The summed E-state index contributed by atoms with van der Waals surface area (Å²) < 4.78 is 1.94. The average molecular weight is 489 g/mol. The van der Waals surface area contributed by atoms with Crippen LogP contribution >= 0.6 is 11.8 Å². The van der Waals surface area contributed by atoms with Gasteiger partial charge in [0.2, 0.25) is 0 Å². The number of para-hydroxylation sites is 1. The van der Waals surface area contributed by atoms with Gasteiger partial charge in [0.25, 0.3) is 16.8 Å². The second kappa shape index (κ2) is 9.07. The number of nitro benzene ring substituents is 1. The predicted octanol–water partition coefficient (Wildman–Crippen LogP) is 5.84. The van der Waals surface area contributed by atoms with Crippen molar-refractivity contribution in [3.8, 4) is 5.69 Å². The minimum Gasteiger partial charge on any atom is -0.366 e. The first-order valence-electron chi connectivity index (χ1n) is 11.4. The van der Waals surface area contributed by atoms with Crippen molar-refractivity contribution in [1.82, 2.24) is 4.57 Å². The number of aromatic nitrogens is 1. The molecule has 8 nitrogen and oxygen atoms in total. The first kappa shape index (κ1) is 22.9. The van der Waals surface area contributed by atoms with E-state index in [2.05, 4.69) is 4.90 Å². The van der Waals surface area contributed by atoms with Crippen molar-refractivity contribution in [2.24, 2.45) is 0 Å². The maximum atomic E-state index is 13.0. The van der Waals surface area contributed by atoms with E-state index in [0.717, 1.165) is 54.6 Å². The van der Waals surface area contributed by atoms with Crippen molar-refractivity contribution in [2.75, 3.05) is 22.9 Å². The van der Waals surface area contributed by atoms with Crippen molar-refractivity contribution in [2.45, 2.75) is 26.7 Å². The number of nitrogens with zero attached hydrogens (tertiary/aromatic N) is 4. The van der Waals surface area contributed by atoms with E-state index in [-0.39, 0.29) is 21.8 Å². The number of rotatable bonds is 5. The molecule has 178 valence electrons. The van der Waals surface area contributed by atoms with Gasteiger partial charge < -0.3 is 9.47 Å². The average Bonchev–Trinajstić information content (AvgIpc) is 3.54. The van der Waals surface area contributed by atoms with Crippen molar-refractivity contribution < 1.29 is 14.5 Å². The summed E-state index contributed by atoms with van der Waals surface area (Å²) in [7, 11) is 0. The van der Waals surface area contributed by atoms with Crippen LogP contribution in [0.4, 0.5) is 21.9 Å². The first-order valence-corrected chi connectivity index (χ1v) is 12.2. The highest BCUT2D eigenvalue weighted by Gasteiger charge is 2.36. The van der Waals surface area contributed by atoms with Gasteiger partial charge >= 0.3 is 0 Å². The SMILES string of the molecule is Cc1cc(/C=C2\SC(=O)N(c3ccccc3)C2=O)c(C)n1-c1ccc(N2CCCC2)c([N+](=O)[O-])c1. The Balaban J connectivity index is 1.50. The second-order valence-electron chi connectivity index (χ2n) is 8.64. The van der Waals surface area contributed by atoms with Crippen LogP contribution in [-0.4, -0.2) is 33.7 Å². The van der Waals surface area contributed by atoms with Gasteiger partial charge in [0.15, 0.2) is 0 Å². The zero-order chi connectivity index (χ0) is 24.7. The van der Waals surface area contributed by atoms with E-state index in [1.54, 1.807) is 36.4 Å². The Morgan fingerprint density at radius 1 is 0.971 bits per heavy atom. The number of amides is 2. The van der Waals surface area contributed by atoms with Gasteiger partial charge in [-0.25, -0.2) is 4.90 Å². The Kier molecular flexibility index (Phi) is 5.94. The molecule has 2 saturated heterocycles. The van der Waals surface area contributed by atoms with Gasteiger partial charge in [-0.3, -0.25) is 19.7 Å². The summed E-state index contributed by atoms with van der Waals surface area (Å²) in [5.41, 5.74) is 4.45. The molecule has 0 spiro atoms. The lowest BCUT2D eigenvalue weighted by Gasteiger charge is -2.19. The summed E-state index contributed by atoms with van der Waals surface area (Å²) >= 11 is 0.908. The Labute approximate surface area is 207 Å². The summed E-state index contributed by atoms with van der Waals surface area (Å²) in [4.78, 5) is 40.7. The topological polar surface area (TPSA) is 88.7 Å². The minimum absolute atomic E-state index is 0.0856. The van der Waals surface area contributed by atoms with E-state index in [1.165, 1.54) is 4.90 Å². The van der Waals surface area contributed by atoms with Crippen LogP contribution in [0.3, 0.4) is 0 Å². The highest BCUT2D eigenvalue weighted by atomic mass is 32.2. The molecule has 0 saturated carbocycles.